The molecule has 1 aromatic rings. The van der Waals surface area contributed by atoms with E-state index in [2.05, 4.69) is 15.4 Å². The highest BCUT2D eigenvalue weighted by atomic mass is 35.5. The van der Waals surface area contributed by atoms with Crippen LogP contribution in [0.1, 0.15) is 12.8 Å². The van der Waals surface area contributed by atoms with Crippen LogP contribution < -0.4 is 15.4 Å². The molecule has 118 valence electrons. The summed E-state index contributed by atoms with van der Waals surface area (Å²) in [5.41, 5.74) is 0.497. The minimum atomic E-state index is -3.49. The maximum Gasteiger partial charge on any atom is 0.240 e. The van der Waals surface area contributed by atoms with Crippen molar-refractivity contribution in [3.05, 3.63) is 24.3 Å². The molecule has 6 nitrogen and oxygen atoms in total. The predicted octanol–water partition coefficient (Wildman–Crippen LogP) is 0.955. The molecule has 1 heterocycles. The maximum atomic E-state index is 11.9. The Hall–Kier alpha value is -1.15. The van der Waals surface area contributed by atoms with Crippen molar-refractivity contribution in [1.29, 1.82) is 0 Å². The van der Waals surface area contributed by atoms with Gasteiger partial charge in [-0.05, 0) is 50.7 Å². The lowest BCUT2D eigenvalue weighted by molar-refractivity contribution is -0.116. The minimum Gasteiger partial charge on any atom is -0.326 e. The van der Waals surface area contributed by atoms with Crippen molar-refractivity contribution < 1.29 is 13.2 Å². The van der Waals surface area contributed by atoms with Crippen molar-refractivity contribution in [2.45, 2.75) is 17.7 Å². The molecular formula is C13H20ClN3O3S. The maximum absolute atomic E-state index is 11.9. The van der Waals surface area contributed by atoms with Gasteiger partial charge in [0.05, 0.1) is 4.90 Å². The molecule has 21 heavy (non-hydrogen) atoms. The molecule has 0 aromatic heterocycles. The molecule has 0 saturated carbocycles. The van der Waals surface area contributed by atoms with E-state index in [1.54, 1.807) is 12.1 Å². The van der Waals surface area contributed by atoms with E-state index >= 15 is 0 Å². The Bertz CT molecular complexity index is 586. The van der Waals surface area contributed by atoms with Crippen molar-refractivity contribution in [1.82, 2.24) is 10.0 Å². The number of amides is 1. The van der Waals surface area contributed by atoms with Crippen LogP contribution in [0.5, 0.6) is 0 Å². The highest BCUT2D eigenvalue weighted by Gasteiger charge is 2.18. The van der Waals surface area contributed by atoms with Crippen molar-refractivity contribution in [3.8, 4) is 0 Å². The van der Waals surface area contributed by atoms with E-state index in [4.69, 9.17) is 0 Å². The minimum absolute atomic E-state index is 0. The van der Waals surface area contributed by atoms with E-state index in [1.807, 2.05) is 0 Å². The van der Waals surface area contributed by atoms with Gasteiger partial charge in [-0.1, -0.05) is 6.07 Å². The molecule has 0 spiro atoms. The second kappa shape index (κ2) is 7.74. The van der Waals surface area contributed by atoms with Crippen LogP contribution in [0.4, 0.5) is 5.69 Å². The third kappa shape index (κ3) is 4.96. The normalized spacial score (nSPS) is 18.0. The first kappa shape index (κ1) is 17.9. The summed E-state index contributed by atoms with van der Waals surface area (Å²) in [6.07, 6.45) is 1.46. The highest BCUT2D eigenvalue weighted by molar-refractivity contribution is 7.89. The lowest BCUT2D eigenvalue weighted by atomic mass is 10.0. The van der Waals surface area contributed by atoms with E-state index in [-0.39, 0.29) is 23.2 Å². The van der Waals surface area contributed by atoms with Crippen molar-refractivity contribution in [2.24, 2.45) is 5.92 Å². The number of sulfonamides is 1. The van der Waals surface area contributed by atoms with Crippen LogP contribution in [0, 0.1) is 5.92 Å². The zero-order valence-electron chi connectivity index (χ0n) is 11.8. The second-order valence-electron chi connectivity index (χ2n) is 4.85. The Kier molecular flexibility index (Phi) is 6.60. The number of benzene rings is 1. The number of halogens is 1. The number of nitrogens with one attached hydrogen (secondary N) is 3. The quantitative estimate of drug-likeness (QED) is 0.749. The summed E-state index contributed by atoms with van der Waals surface area (Å²) in [5.74, 6) is 0.275. The Balaban J connectivity index is 0.00000220. The first-order valence-corrected chi connectivity index (χ1v) is 8.04. The van der Waals surface area contributed by atoms with Crippen LogP contribution >= 0.6 is 12.4 Å². The van der Waals surface area contributed by atoms with Crippen molar-refractivity contribution in [2.75, 3.05) is 25.5 Å². The molecule has 8 heteroatoms. The number of carbonyl (C=O) groups is 1. The summed E-state index contributed by atoms with van der Waals surface area (Å²) >= 11 is 0. The first-order chi connectivity index (χ1) is 9.51. The topological polar surface area (TPSA) is 87.3 Å². The third-order valence-corrected chi connectivity index (χ3v) is 4.75. The molecule has 0 aliphatic carbocycles. The van der Waals surface area contributed by atoms with Gasteiger partial charge in [0, 0.05) is 12.1 Å². The molecule has 1 unspecified atom stereocenters. The molecule has 2 rings (SSSR count). The fourth-order valence-electron chi connectivity index (χ4n) is 2.22. The Morgan fingerprint density at radius 1 is 1.43 bits per heavy atom. The smallest absolute Gasteiger partial charge is 0.240 e. The number of anilines is 1. The van der Waals surface area contributed by atoms with E-state index in [1.165, 1.54) is 19.2 Å². The summed E-state index contributed by atoms with van der Waals surface area (Å²) in [5, 5.41) is 5.96. The van der Waals surface area contributed by atoms with E-state index in [9.17, 15) is 13.2 Å². The van der Waals surface area contributed by atoms with Crippen LogP contribution in [0.3, 0.4) is 0 Å². The van der Waals surface area contributed by atoms with Gasteiger partial charge in [0.15, 0.2) is 0 Å². The summed E-state index contributed by atoms with van der Waals surface area (Å²) in [6.45, 7) is 1.81. The number of hydrogen-bond acceptors (Lipinski definition) is 4. The van der Waals surface area contributed by atoms with Gasteiger partial charge in [-0.2, -0.15) is 0 Å². The monoisotopic (exact) mass is 333 g/mol. The number of rotatable bonds is 5. The molecule has 1 atom stereocenters. The molecule has 3 N–H and O–H groups in total. The van der Waals surface area contributed by atoms with Gasteiger partial charge in [-0.3, -0.25) is 4.79 Å². The lowest BCUT2D eigenvalue weighted by Crippen LogP contribution is -2.20. The Morgan fingerprint density at radius 2 is 2.19 bits per heavy atom. The molecule has 0 radical (unpaired) electrons. The van der Waals surface area contributed by atoms with Crippen LogP contribution in [-0.2, 0) is 14.8 Å². The van der Waals surface area contributed by atoms with Gasteiger partial charge in [-0.15, -0.1) is 12.4 Å². The van der Waals surface area contributed by atoms with Crippen LogP contribution in [0.15, 0.2) is 29.2 Å². The first-order valence-electron chi connectivity index (χ1n) is 6.55. The van der Waals surface area contributed by atoms with Gasteiger partial charge in [0.25, 0.3) is 0 Å². The van der Waals surface area contributed by atoms with Crippen LogP contribution in [0.25, 0.3) is 0 Å². The molecule has 1 aliphatic heterocycles. The fourth-order valence-corrected chi connectivity index (χ4v) is 3.00. The van der Waals surface area contributed by atoms with Gasteiger partial charge >= 0.3 is 0 Å². The predicted molar refractivity (Wildman–Crippen MR) is 84.2 cm³/mol. The van der Waals surface area contributed by atoms with E-state index in [0.717, 1.165) is 19.5 Å². The lowest BCUT2D eigenvalue weighted by Gasteiger charge is -2.10. The van der Waals surface area contributed by atoms with Gasteiger partial charge in [-0.25, -0.2) is 13.1 Å². The van der Waals surface area contributed by atoms with Crippen LogP contribution in [0.2, 0.25) is 0 Å². The second-order valence-corrected chi connectivity index (χ2v) is 6.73. The van der Waals surface area contributed by atoms with Crippen LogP contribution in [-0.4, -0.2) is 34.5 Å². The largest absolute Gasteiger partial charge is 0.326 e. The summed E-state index contributed by atoms with van der Waals surface area (Å²) in [7, 11) is -2.14. The molecule has 1 amide bonds. The standard InChI is InChI=1S/C13H19N3O3S.ClH/c1-14-20(18,19)12-4-2-3-11(8-12)16-13(17)7-10-5-6-15-9-10;/h2-4,8,10,14-15H,5-7,9H2,1H3,(H,16,17);1H. The third-order valence-electron chi connectivity index (χ3n) is 3.33. The zero-order valence-corrected chi connectivity index (χ0v) is 13.4. The molecule has 1 fully saturated rings. The Morgan fingerprint density at radius 3 is 2.81 bits per heavy atom. The SMILES string of the molecule is CNS(=O)(=O)c1cccc(NC(=O)CC2CCNC2)c1.Cl. The summed E-state index contributed by atoms with van der Waals surface area (Å²) in [4.78, 5) is 12.0. The van der Waals surface area contributed by atoms with E-state index in [0.29, 0.717) is 18.0 Å². The molecule has 0 bridgehead atoms. The average molecular weight is 334 g/mol. The zero-order chi connectivity index (χ0) is 14.6. The van der Waals surface area contributed by atoms with Crippen molar-refractivity contribution >= 4 is 34.0 Å². The Labute approximate surface area is 131 Å². The molecule has 1 aromatic carbocycles. The molecule has 1 saturated heterocycles. The molecular weight excluding hydrogens is 314 g/mol. The fraction of sp³-hybridized carbons (Fsp3) is 0.462. The average Bonchev–Trinajstić information content (AvgIpc) is 2.91. The van der Waals surface area contributed by atoms with Gasteiger partial charge in [0.2, 0.25) is 15.9 Å². The van der Waals surface area contributed by atoms with Crippen molar-refractivity contribution in [3.63, 3.8) is 0 Å². The van der Waals surface area contributed by atoms with E-state index < -0.39 is 10.0 Å². The number of hydrogen-bond donors (Lipinski definition) is 3. The van der Waals surface area contributed by atoms with Gasteiger partial charge in [0.1, 0.15) is 0 Å². The summed E-state index contributed by atoms with van der Waals surface area (Å²) < 4.78 is 25.6. The summed E-state index contributed by atoms with van der Waals surface area (Å²) in [6, 6.07) is 6.23. The number of carbonyl (C=O) groups excluding carboxylic acids is 1. The van der Waals surface area contributed by atoms with Gasteiger partial charge < -0.3 is 10.6 Å². The highest BCUT2D eigenvalue weighted by Crippen LogP contribution is 2.17. The molecule has 1 aliphatic rings.